The Hall–Kier alpha value is -2.15. The zero-order valence-corrected chi connectivity index (χ0v) is 20.6. The van der Waals surface area contributed by atoms with E-state index in [0.29, 0.717) is 5.92 Å². The molecule has 5 rings (SSSR count). The van der Waals surface area contributed by atoms with E-state index in [2.05, 4.69) is 75.0 Å². The van der Waals surface area contributed by atoms with E-state index in [4.69, 9.17) is 0 Å². The number of nitrogens with zero attached hydrogens (tertiary/aromatic N) is 1. The lowest BCUT2D eigenvalue weighted by Gasteiger charge is -2.21. The van der Waals surface area contributed by atoms with Gasteiger partial charge in [0.2, 0.25) is 5.69 Å². The molecule has 1 heterocycles. The number of benzene rings is 2. The largest absolute Gasteiger partial charge is 0.220 e. The summed E-state index contributed by atoms with van der Waals surface area (Å²) in [6, 6.07) is 14.7. The van der Waals surface area contributed by atoms with Crippen molar-refractivity contribution >= 4 is 10.8 Å². The van der Waals surface area contributed by atoms with Crippen LogP contribution in [-0.4, -0.2) is 0 Å². The first-order valence-corrected chi connectivity index (χ1v) is 13.1. The second kappa shape index (κ2) is 9.00. The molecule has 1 aromatic heterocycles. The van der Waals surface area contributed by atoms with Crippen molar-refractivity contribution in [1.29, 1.82) is 0 Å². The molecule has 1 heteroatoms. The minimum Gasteiger partial charge on any atom is -0.200 e. The highest BCUT2D eigenvalue weighted by molar-refractivity contribution is 5.94. The van der Waals surface area contributed by atoms with Crippen molar-refractivity contribution in [3.63, 3.8) is 0 Å². The lowest BCUT2D eigenvalue weighted by atomic mass is 9.83. The van der Waals surface area contributed by atoms with Gasteiger partial charge in [0.15, 0.2) is 6.20 Å². The van der Waals surface area contributed by atoms with Crippen LogP contribution in [0.25, 0.3) is 22.0 Å². The van der Waals surface area contributed by atoms with E-state index in [1.807, 2.05) is 0 Å². The first-order chi connectivity index (χ1) is 15.5. The summed E-state index contributed by atoms with van der Waals surface area (Å²) in [7, 11) is 2.23. The number of fused-ring (bicyclic) bond motifs is 1. The molecule has 2 saturated carbocycles. The average molecular weight is 427 g/mol. The Labute approximate surface area is 194 Å². The van der Waals surface area contributed by atoms with Crippen molar-refractivity contribution < 1.29 is 4.57 Å². The van der Waals surface area contributed by atoms with Crippen LogP contribution in [0.1, 0.15) is 99.3 Å². The standard InChI is InChI=1S/C31H40N/c1-21(2)17-23-13-14-28-26(18-23)15-16-32(4)31(28)30-20-27(24-9-5-6-10-24)19-29(22(30)3)25-11-7-8-12-25/h13-16,18-21,24-25H,5-12,17H2,1-4H3/q+1. The van der Waals surface area contributed by atoms with Gasteiger partial charge in [0.1, 0.15) is 7.05 Å². The van der Waals surface area contributed by atoms with Crippen molar-refractivity contribution in [2.45, 2.75) is 90.4 Å². The molecule has 0 aliphatic heterocycles. The van der Waals surface area contributed by atoms with Gasteiger partial charge in [-0.1, -0.05) is 57.7 Å². The van der Waals surface area contributed by atoms with E-state index >= 15 is 0 Å². The fourth-order valence-corrected chi connectivity index (χ4v) is 6.52. The van der Waals surface area contributed by atoms with Gasteiger partial charge in [-0.15, -0.1) is 0 Å². The second-order valence-corrected chi connectivity index (χ2v) is 11.0. The van der Waals surface area contributed by atoms with Crippen molar-refractivity contribution in [1.82, 2.24) is 0 Å². The zero-order chi connectivity index (χ0) is 22.2. The molecular formula is C31H40N+. The van der Waals surface area contributed by atoms with Crippen LogP contribution in [0.4, 0.5) is 0 Å². The summed E-state index contributed by atoms with van der Waals surface area (Å²) < 4.78 is 2.36. The highest BCUT2D eigenvalue weighted by Gasteiger charge is 2.27. The van der Waals surface area contributed by atoms with Gasteiger partial charge in [-0.05, 0) is 96.6 Å². The SMILES string of the molecule is Cc1c(-c2c3ccc(CC(C)C)cc3cc[n+]2C)cc(C2CCCC2)cc1C1CCCC1. The maximum absolute atomic E-state index is 2.62. The number of aryl methyl sites for hydroxylation is 1. The van der Waals surface area contributed by atoms with Gasteiger partial charge in [0, 0.05) is 6.07 Å². The molecule has 0 spiro atoms. The summed E-state index contributed by atoms with van der Waals surface area (Å²) in [5.41, 5.74) is 9.10. The third-order valence-electron chi connectivity index (χ3n) is 8.19. The highest BCUT2D eigenvalue weighted by Crippen LogP contribution is 2.43. The van der Waals surface area contributed by atoms with Crippen molar-refractivity contribution in [2.24, 2.45) is 13.0 Å². The Morgan fingerprint density at radius 1 is 0.875 bits per heavy atom. The molecule has 0 bridgehead atoms. The quantitative estimate of drug-likeness (QED) is 0.362. The molecule has 32 heavy (non-hydrogen) atoms. The van der Waals surface area contributed by atoms with Crippen molar-refractivity contribution in [3.05, 3.63) is 64.8 Å². The minimum atomic E-state index is 0.686. The molecule has 2 aromatic carbocycles. The molecule has 2 fully saturated rings. The predicted octanol–water partition coefficient (Wildman–Crippen LogP) is 8.15. The van der Waals surface area contributed by atoms with Crippen LogP contribution >= 0.6 is 0 Å². The first kappa shape index (κ1) is 21.7. The third kappa shape index (κ3) is 4.12. The molecule has 3 aromatic rings. The Morgan fingerprint density at radius 3 is 2.25 bits per heavy atom. The molecule has 0 unspecified atom stereocenters. The number of pyridine rings is 1. The van der Waals surface area contributed by atoms with Gasteiger partial charge in [0.25, 0.3) is 0 Å². The first-order valence-electron chi connectivity index (χ1n) is 13.1. The molecular weight excluding hydrogens is 386 g/mol. The minimum absolute atomic E-state index is 0.686. The number of hydrogen-bond acceptors (Lipinski definition) is 0. The smallest absolute Gasteiger partial charge is 0.200 e. The maximum atomic E-state index is 2.62. The Balaban J connectivity index is 1.69. The van der Waals surface area contributed by atoms with Gasteiger partial charge in [-0.2, -0.15) is 0 Å². The molecule has 0 atom stereocenters. The molecule has 0 saturated heterocycles. The second-order valence-electron chi connectivity index (χ2n) is 11.0. The van der Waals surface area contributed by atoms with E-state index in [1.165, 1.54) is 84.5 Å². The summed E-state index contributed by atoms with van der Waals surface area (Å²) in [5, 5.41) is 2.77. The molecule has 168 valence electrons. The van der Waals surface area contributed by atoms with E-state index in [1.54, 1.807) is 11.1 Å². The van der Waals surface area contributed by atoms with Gasteiger partial charge in [-0.25, -0.2) is 4.57 Å². The van der Waals surface area contributed by atoms with Crippen LogP contribution < -0.4 is 4.57 Å². The van der Waals surface area contributed by atoms with E-state index in [-0.39, 0.29) is 0 Å². The Morgan fingerprint density at radius 2 is 1.56 bits per heavy atom. The molecule has 0 radical (unpaired) electrons. The van der Waals surface area contributed by atoms with Crippen LogP contribution in [-0.2, 0) is 13.5 Å². The number of aromatic nitrogens is 1. The van der Waals surface area contributed by atoms with Gasteiger partial charge in [-0.3, -0.25) is 0 Å². The Kier molecular flexibility index (Phi) is 6.10. The van der Waals surface area contributed by atoms with Crippen molar-refractivity contribution in [2.75, 3.05) is 0 Å². The molecule has 1 nitrogen and oxygen atoms in total. The monoisotopic (exact) mass is 426 g/mol. The zero-order valence-electron chi connectivity index (χ0n) is 20.6. The van der Waals surface area contributed by atoms with Crippen LogP contribution in [0.15, 0.2) is 42.6 Å². The number of hydrogen-bond donors (Lipinski definition) is 0. The summed E-state index contributed by atoms with van der Waals surface area (Å²) in [6.45, 7) is 7.01. The normalized spacial score (nSPS) is 17.8. The van der Waals surface area contributed by atoms with Crippen LogP contribution in [0, 0.1) is 12.8 Å². The van der Waals surface area contributed by atoms with E-state index < -0.39 is 0 Å². The van der Waals surface area contributed by atoms with Crippen LogP contribution in [0.2, 0.25) is 0 Å². The summed E-state index contributed by atoms with van der Waals surface area (Å²) in [5.74, 6) is 2.20. The van der Waals surface area contributed by atoms with E-state index in [9.17, 15) is 0 Å². The van der Waals surface area contributed by atoms with Gasteiger partial charge >= 0.3 is 0 Å². The maximum Gasteiger partial charge on any atom is 0.220 e. The lowest BCUT2D eigenvalue weighted by Crippen LogP contribution is -2.31. The number of rotatable bonds is 5. The topological polar surface area (TPSA) is 3.88 Å². The molecule has 0 N–H and O–H groups in total. The summed E-state index contributed by atoms with van der Waals surface area (Å²) in [6.07, 6.45) is 14.5. The van der Waals surface area contributed by atoms with Gasteiger partial charge < -0.3 is 0 Å². The summed E-state index contributed by atoms with van der Waals surface area (Å²) in [4.78, 5) is 0. The fraction of sp³-hybridized carbons (Fsp3) is 0.516. The fourth-order valence-electron chi connectivity index (χ4n) is 6.52. The van der Waals surface area contributed by atoms with Crippen LogP contribution in [0.5, 0.6) is 0 Å². The van der Waals surface area contributed by atoms with Crippen molar-refractivity contribution in [3.8, 4) is 11.3 Å². The Bertz CT molecular complexity index is 1110. The van der Waals surface area contributed by atoms with Crippen LogP contribution in [0.3, 0.4) is 0 Å². The average Bonchev–Trinajstić information content (AvgIpc) is 3.48. The highest BCUT2D eigenvalue weighted by atomic mass is 14.9. The molecule has 2 aliphatic carbocycles. The lowest BCUT2D eigenvalue weighted by molar-refractivity contribution is -0.659. The third-order valence-corrected chi connectivity index (χ3v) is 8.19. The summed E-state index contributed by atoms with van der Waals surface area (Å²) >= 11 is 0. The predicted molar refractivity (Wildman–Crippen MR) is 136 cm³/mol. The van der Waals surface area contributed by atoms with Gasteiger partial charge in [0.05, 0.1) is 10.9 Å². The molecule has 0 amide bonds. The van der Waals surface area contributed by atoms with E-state index in [0.717, 1.165) is 18.3 Å². The molecule has 2 aliphatic rings.